The van der Waals surface area contributed by atoms with Gasteiger partial charge in [0.25, 0.3) is 0 Å². The molecule has 4 aliphatic rings. The Hall–Kier alpha value is -1.06. The topological polar surface area (TPSA) is 63.6 Å². The number of aliphatic carboxylic acids is 1. The van der Waals surface area contributed by atoms with Gasteiger partial charge in [-0.3, -0.25) is 9.59 Å². The average Bonchev–Trinajstić information content (AvgIpc) is 2.36. The van der Waals surface area contributed by atoms with Crippen molar-refractivity contribution in [2.75, 3.05) is 0 Å². The number of carbonyl (C=O) groups is 2. The Balaban J connectivity index is 1.89. The first-order valence-electron chi connectivity index (χ1n) is 8.23. The summed E-state index contributed by atoms with van der Waals surface area (Å²) in [6.07, 6.45) is 5.41. The third-order valence-corrected chi connectivity index (χ3v) is 6.24. The molecule has 3 atom stereocenters. The van der Waals surface area contributed by atoms with Crippen LogP contribution in [0.25, 0.3) is 0 Å². The predicted octanol–water partition coefficient (Wildman–Crippen LogP) is 3.25. The van der Waals surface area contributed by atoms with Crippen molar-refractivity contribution in [3.8, 4) is 0 Å². The second-order valence-electron chi connectivity index (χ2n) is 8.12. The molecule has 0 aliphatic heterocycles. The molecule has 4 bridgehead atoms. The summed E-state index contributed by atoms with van der Waals surface area (Å²) in [7, 11) is 0. The van der Waals surface area contributed by atoms with Crippen LogP contribution in [0.2, 0.25) is 0 Å². The highest BCUT2D eigenvalue weighted by Crippen LogP contribution is 2.60. The SMILES string of the molecule is CCC(C)(C)C(=O)OC12CC3CC(CC(C3)C1C(=O)O)C2. The van der Waals surface area contributed by atoms with Gasteiger partial charge in [-0.2, -0.15) is 0 Å². The zero-order chi connectivity index (χ0) is 15.4. The summed E-state index contributed by atoms with van der Waals surface area (Å²) in [5.74, 6) is -0.196. The first-order valence-corrected chi connectivity index (χ1v) is 8.23. The number of hydrogen-bond donors (Lipinski definition) is 1. The molecule has 118 valence electrons. The zero-order valence-corrected chi connectivity index (χ0v) is 13.2. The molecule has 1 N–H and O–H groups in total. The van der Waals surface area contributed by atoms with Gasteiger partial charge in [0, 0.05) is 0 Å². The third kappa shape index (κ3) is 2.27. The minimum absolute atomic E-state index is 0.200. The van der Waals surface area contributed by atoms with E-state index in [1.807, 2.05) is 20.8 Å². The molecule has 0 heterocycles. The van der Waals surface area contributed by atoms with Crippen molar-refractivity contribution in [3.63, 3.8) is 0 Å². The van der Waals surface area contributed by atoms with E-state index in [2.05, 4.69) is 0 Å². The van der Waals surface area contributed by atoms with E-state index in [1.54, 1.807) is 0 Å². The van der Waals surface area contributed by atoms with Crippen LogP contribution in [0, 0.1) is 29.1 Å². The quantitative estimate of drug-likeness (QED) is 0.808. The number of carboxylic acids is 1. The van der Waals surface area contributed by atoms with Crippen LogP contribution in [0.3, 0.4) is 0 Å². The van der Waals surface area contributed by atoms with Crippen LogP contribution in [-0.2, 0) is 14.3 Å². The molecular formula is C17H26O4. The van der Waals surface area contributed by atoms with Crippen LogP contribution in [0.5, 0.6) is 0 Å². The molecule has 4 saturated carbocycles. The van der Waals surface area contributed by atoms with Crippen LogP contribution in [0.15, 0.2) is 0 Å². The molecule has 3 unspecified atom stereocenters. The van der Waals surface area contributed by atoms with Crippen LogP contribution in [-0.4, -0.2) is 22.6 Å². The van der Waals surface area contributed by atoms with E-state index < -0.39 is 22.9 Å². The lowest BCUT2D eigenvalue weighted by atomic mass is 9.49. The van der Waals surface area contributed by atoms with Crippen molar-refractivity contribution in [3.05, 3.63) is 0 Å². The summed E-state index contributed by atoms with van der Waals surface area (Å²) in [4.78, 5) is 24.3. The van der Waals surface area contributed by atoms with Gasteiger partial charge >= 0.3 is 11.9 Å². The molecule has 4 aliphatic carbocycles. The summed E-state index contributed by atoms with van der Waals surface area (Å²) in [6.45, 7) is 5.73. The second-order valence-corrected chi connectivity index (χ2v) is 8.12. The van der Waals surface area contributed by atoms with Crippen molar-refractivity contribution in [2.45, 2.75) is 64.9 Å². The predicted molar refractivity (Wildman–Crippen MR) is 77.6 cm³/mol. The van der Waals surface area contributed by atoms with Crippen molar-refractivity contribution in [1.29, 1.82) is 0 Å². The Kier molecular flexibility index (Phi) is 3.34. The van der Waals surface area contributed by atoms with E-state index in [1.165, 1.54) is 6.42 Å². The van der Waals surface area contributed by atoms with Gasteiger partial charge in [-0.15, -0.1) is 0 Å². The van der Waals surface area contributed by atoms with E-state index in [-0.39, 0.29) is 11.9 Å². The molecule has 21 heavy (non-hydrogen) atoms. The lowest BCUT2D eigenvalue weighted by molar-refractivity contribution is -0.220. The fourth-order valence-electron chi connectivity index (χ4n) is 5.01. The highest BCUT2D eigenvalue weighted by Gasteiger charge is 2.62. The third-order valence-electron chi connectivity index (χ3n) is 6.24. The monoisotopic (exact) mass is 294 g/mol. The molecule has 0 saturated heterocycles. The average molecular weight is 294 g/mol. The summed E-state index contributed by atoms with van der Waals surface area (Å²) < 4.78 is 5.96. The first-order chi connectivity index (χ1) is 9.77. The molecule has 0 amide bonds. The Morgan fingerprint density at radius 1 is 1.19 bits per heavy atom. The molecule has 0 spiro atoms. The lowest BCUT2D eigenvalue weighted by Crippen LogP contribution is -2.62. The van der Waals surface area contributed by atoms with Gasteiger partial charge in [-0.1, -0.05) is 6.92 Å². The van der Waals surface area contributed by atoms with Gasteiger partial charge in [0.2, 0.25) is 0 Å². The largest absolute Gasteiger partial charge is 0.481 e. The van der Waals surface area contributed by atoms with Crippen molar-refractivity contribution >= 4 is 11.9 Å². The molecule has 0 aromatic heterocycles. The van der Waals surface area contributed by atoms with Crippen LogP contribution >= 0.6 is 0 Å². The number of esters is 1. The summed E-state index contributed by atoms with van der Waals surface area (Å²) in [6, 6.07) is 0. The smallest absolute Gasteiger partial charge is 0.312 e. The van der Waals surface area contributed by atoms with Crippen LogP contribution in [0.4, 0.5) is 0 Å². The van der Waals surface area contributed by atoms with Crippen molar-refractivity contribution in [2.24, 2.45) is 29.1 Å². The number of rotatable bonds is 4. The second kappa shape index (κ2) is 4.72. The maximum absolute atomic E-state index is 12.5. The Labute approximate surface area is 126 Å². The molecule has 4 rings (SSSR count). The lowest BCUT2D eigenvalue weighted by Gasteiger charge is -2.59. The van der Waals surface area contributed by atoms with E-state index in [0.717, 1.165) is 25.7 Å². The minimum atomic E-state index is -0.777. The van der Waals surface area contributed by atoms with E-state index in [4.69, 9.17) is 4.74 Å². The molecule has 4 heteroatoms. The summed E-state index contributed by atoms with van der Waals surface area (Å²) in [5, 5.41) is 9.69. The number of ether oxygens (including phenoxy) is 1. The van der Waals surface area contributed by atoms with Gasteiger partial charge in [-0.05, 0) is 70.1 Å². The van der Waals surface area contributed by atoms with Crippen LogP contribution < -0.4 is 0 Å². The Morgan fingerprint density at radius 2 is 1.76 bits per heavy atom. The van der Waals surface area contributed by atoms with Gasteiger partial charge < -0.3 is 9.84 Å². The van der Waals surface area contributed by atoms with Gasteiger partial charge in [0.1, 0.15) is 5.60 Å². The Morgan fingerprint density at radius 3 is 2.24 bits per heavy atom. The zero-order valence-electron chi connectivity index (χ0n) is 13.2. The van der Waals surface area contributed by atoms with Crippen molar-refractivity contribution < 1.29 is 19.4 Å². The fraction of sp³-hybridized carbons (Fsp3) is 0.882. The van der Waals surface area contributed by atoms with E-state index in [9.17, 15) is 14.7 Å². The Bertz CT molecular complexity index is 453. The number of hydrogen-bond acceptors (Lipinski definition) is 3. The molecular weight excluding hydrogens is 268 g/mol. The fourth-order valence-corrected chi connectivity index (χ4v) is 5.01. The molecule has 4 nitrogen and oxygen atoms in total. The first kappa shape index (κ1) is 14.9. The normalized spacial score (nSPS) is 41.1. The maximum atomic E-state index is 12.5. The summed E-state index contributed by atoms with van der Waals surface area (Å²) in [5.41, 5.74) is -1.27. The standard InChI is InChI=1S/C17H26O4/c1-4-16(2,3)15(20)21-17-8-10-5-11(9-17)7-12(6-10)13(17)14(18)19/h10-13H,4-9H2,1-3H3,(H,18,19). The minimum Gasteiger partial charge on any atom is -0.481 e. The van der Waals surface area contributed by atoms with E-state index >= 15 is 0 Å². The number of carbonyl (C=O) groups excluding carboxylic acids is 1. The highest BCUT2D eigenvalue weighted by atomic mass is 16.6. The van der Waals surface area contributed by atoms with Gasteiger partial charge in [0.05, 0.1) is 11.3 Å². The molecule has 0 aromatic carbocycles. The highest BCUT2D eigenvalue weighted by molar-refractivity contribution is 5.78. The van der Waals surface area contributed by atoms with Gasteiger partial charge in [-0.25, -0.2) is 0 Å². The molecule has 0 aromatic rings. The van der Waals surface area contributed by atoms with Gasteiger partial charge in [0.15, 0.2) is 0 Å². The summed E-state index contributed by atoms with van der Waals surface area (Å²) >= 11 is 0. The van der Waals surface area contributed by atoms with E-state index in [0.29, 0.717) is 18.3 Å². The van der Waals surface area contributed by atoms with Crippen molar-refractivity contribution in [1.82, 2.24) is 0 Å². The van der Waals surface area contributed by atoms with Crippen LogP contribution in [0.1, 0.15) is 59.3 Å². The molecule has 4 fully saturated rings. The number of carboxylic acid groups (broad SMARTS) is 1. The maximum Gasteiger partial charge on any atom is 0.312 e. The molecule has 0 radical (unpaired) electrons.